The zero-order valence-corrected chi connectivity index (χ0v) is 14.5. The Labute approximate surface area is 145 Å². The van der Waals surface area contributed by atoms with E-state index in [1.54, 1.807) is 6.92 Å². The second kappa shape index (κ2) is 7.75. The SMILES string of the molecule is CCOC(=O)c1ccnc(NS(=O)(=O)c2ccc(NC(C)=O)cc2)c1. The number of carbonyl (C=O) groups excluding carboxylic acids is 2. The molecule has 0 radical (unpaired) electrons. The van der Waals surface area contributed by atoms with Gasteiger partial charge in [-0.05, 0) is 43.3 Å². The molecule has 0 fully saturated rings. The number of nitrogens with zero attached hydrogens (tertiary/aromatic N) is 1. The van der Waals surface area contributed by atoms with Gasteiger partial charge in [0.25, 0.3) is 10.0 Å². The average Bonchev–Trinajstić information content (AvgIpc) is 2.55. The fraction of sp³-hybridized carbons (Fsp3) is 0.188. The van der Waals surface area contributed by atoms with Gasteiger partial charge in [-0.3, -0.25) is 9.52 Å². The molecule has 0 spiro atoms. The van der Waals surface area contributed by atoms with Crippen molar-refractivity contribution in [3.8, 4) is 0 Å². The molecule has 0 aliphatic rings. The van der Waals surface area contributed by atoms with Gasteiger partial charge >= 0.3 is 5.97 Å². The number of sulfonamides is 1. The third kappa shape index (κ3) is 5.01. The lowest BCUT2D eigenvalue weighted by atomic mass is 10.3. The van der Waals surface area contributed by atoms with Gasteiger partial charge in [-0.1, -0.05) is 0 Å². The molecule has 132 valence electrons. The van der Waals surface area contributed by atoms with Crippen LogP contribution in [-0.2, 0) is 19.6 Å². The van der Waals surface area contributed by atoms with E-state index in [2.05, 4.69) is 15.0 Å². The number of nitrogens with one attached hydrogen (secondary N) is 2. The van der Waals surface area contributed by atoms with Crippen molar-refractivity contribution in [2.45, 2.75) is 18.7 Å². The third-order valence-corrected chi connectivity index (χ3v) is 4.37. The Morgan fingerprint density at radius 2 is 1.84 bits per heavy atom. The fourth-order valence-electron chi connectivity index (χ4n) is 1.95. The Balaban J connectivity index is 2.19. The lowest BCUT2D eigenvalue weighted by Gasteiger charge is -2.09. The molecule has 1 amide bonds. The predicted molar refractivity (Wildman–Crippen MR) is 91.7 cm³/mol. The second-order valence-corrected chi connectivity index (χ2v) is 6.64. The molecule has 1 heterocycles. The minimum atomic E-state index is -3.89. The van der Waals surface area contributed by atoms with Gasteiger partial charge in [0.05, 0.1) is 17.1 Å². The largest absolute Gasteiger partial charge is 0.462 e. The van der Waals surface area contributed by atoms with Crippen LogP contribution in [0, 0.1) is 0 Å². The summed E-state index contributed by atoms with van der Waals surface area (Å²) >= 11 is 0. The normalized spacial score (nSPS) is 10.8. The summed E-state index contributed by atoms with van der Waals surface area (Å²) in [5.74, 6) is -0.824. The van der Waals surface area contributed by atoms with Crippen LogP contribution in [0.1, 0.15) is 24.2 Å². The zero-order valence-electron chi connectivity index (χ0n) is 13.6. The highest BCUT2D eigenvalue weighted by Crippen LogP contribution is 2.18. The van der Waals surface area contributed by atoms with Crippen molar-refractivity contribution < 1.29 is 22.7 Å². The van der Waals surface area contributed by atoms with Gasteiger partial charge < -0.3 is 10.1 Å². The van der Waals surface area contributed by atoms with E-state index < -0.39 is 16.0 Å². The number of hydrogen-bond acceptors (Lipinski definition) is 6. The number of carbonyl (C=O) groups is 2. The number of benzene rings is 1. The van der Waals surface area contributed by atoms with E-state index in [0.29, 0.717) is 5.69 Å². The van der Waals surface area contributed by atoms with Crippen molar-refractivity contribution in [2.24, 2.45) is 0 Å². The van der Waals surface area contributed by atoms with Crippen molar-refractivity contribution >= 4 is 33.4 Å². The Hall–Kier alpha value is -2.94. The Kier molecular flexibility index (Phi) is 5.71. The Bertz CT molecular complexity index is 879. The first-order chi connectivity index (χ1) is 11.8. The number of ether oxygens (including phenoxy) is 1. The molecule has 0 aliphatic carbocycles. The smallest absolute Gasteiger partial charge is 0.338 e. The van der Waals surface area contributed by atoms with Gasteiger partial charge in [-0.25, -0.2) is 18.2 Å². The number of pyridine rings is 1. The van der Waals surface area contributed by atoms with Crippen LogP contribution in [0.25, 0.3) is 0 Å². The molecule has 0 aliphatic heterocycles. The van der Waals surface area contributed by atoms with Crippen LogP contribution in [0.15, 0.2) is 47.5 Å². The highest BCUT2D eigenvalue weighted by molar-refractivity contribution is 7.92. The molecular formula is C16H17N3O5S. The van der Waals surface area contributed by atoms with Gasteiger partial charge in [0, 0.05) is 18.8 Å². The summed E-state index contributed by atoms with van der Waals surface area (Å²) in [6.45, 7) is 3.24. The topological polar surface area (TPSA) is 114 Å². The summed E-state index contributed by atoms with van der Waals surface area (Å²) in [5.41, 5.74) is 0.671. The fourth-order valence-corrected chi connectivity index (χ4v) is 2.94. The quantitative estimate of drug-likeness (QED) is 0.759. The average molecular weight is 363 g/mol. The number of rotatable bonds is 6. The van der Waals surface area contributed by atoms with E-state index >= 15 is 0 Å². The minimum Gasteiger partial charge on any atom is -0.462 e. The number of aromatic nitrogens is 1. The first-order valence-electron chi connectivity index (χ1n) is 7.35. The number of amides is 1. The van der Waals surface area contributed by atoms with Crippen LogP contribution in [0.3, 0.4) is 0 Å². The van der Waals surface area contributed by atoms with Gasteiger partial charge in [0.1, 0.15) is 5.82 Å². The standard InChI is InChI=1S/C16H17N3O5S/c1-3-24-16(21)12-8-9-17-15(10-12)19-25(22,23)14-6-4-13(5-7-14)18-11(2)20/h4-10H,3H2,1-2H3,(H,17,19)(H,18,20). The van der Waals surface area contributed by atoms with E-state index in [9.17, 15) is 18.0 Å². The summed E-state index contributed by atoms with van der Waals surface area (Å²) in [6.07, 6.45) is 1.31. The molecule has 1 aromatic heterocycles. The maximum absolute atomic E-state index is 12.4. The molecule has 2 aromatic rings. The first kappa shape index (κ1) is 18.4. The molecule has 0 unspecified atom stereocenters. The van der Waals surface area contributed by atoms with E-state index in [4.69, 9.17) is 4.74 Å². The number of esters is 1. The van der Waals surface area contributed by atoms with Gasteiger partial charge in [0.15, 0.2) is 0 Å². The molecular weight excluding hydrogens is 346 g/mol. The van der Waals surface area contributed by atoms with Crippen LogP contribution in [0.5, 0.6) is 0 Å². The number of anilines is 2. The highest BCUT2D eigenvalue weighted by atomic mass is 32.2. The molecule has 0 bridgehead atoms. The molecule has 2 N–H and O–H groups in total. The maximum Gasteiger partial charge on any atom is 0.338 e. The van der Waals surface area contributed by atoms with E-state index in [1.165, 1.54) is 49.5 Å². The second-order valence-electron chi connectivity index (χ2n) is 4.96. The number of hydrogen-bond donors (Lipinski definition) is 2. The lowest BCUT2D eigenvalue weighted by molar-refractivity contribution is -0.114. The van der Waals surface area contributed by atoms with Crippen LogP contribution in [0.2, 0.25) is 0 Å². The Morgan fingerprint density at radius 3 is 2.44 bits per heavy atom. The monoisotopic (exact) mass is 363 g/mol. The highest BCUT2D eigenvalue weighted by Gasteiger charge is 2.16. The summed E-state index contributed by atoms with van der Waals surface area (Å²) in [6, 6.07) is 8.36. The maximum atomic E-state index is 12.4. The first-order valence-corrected chi connectivity index (χ1v) is 8.84. The molecule has 9 heteroatoms. The third-order valence-electron chi connectivity index (χ3n) is 2.99. The van der Waals surface area contributed by atoms with Crippen LogP contribution in [0.4, 0.5) is 11.5 Å². The van der Waals surface area contributed by atoms with Crippen molar-refractivity contribution in [1.29, 1.82) is 0 Å². The van der Waals surface area contributed by atoms with Gasteiger partial charge in [-0.15, -0.1) is 0 Å². The van der Waals surface area contributed by atoms with Crippen molar-refractivity contribution in [3.05, 3.63) is 48.2 Å². The van der Waals surface area contributed by atoms with Crippen molar-refractivity contribution in [1.82, 2.24) is 4.98 Å². The van der Waals surface area contributed by atoms with E-state index in [-0.39, 0.29) is 28.8 Å². The lowest BCUT2D eigenvalue weighted by Crippen LogP contribution is -2.15. The molecule has 2 rings (SSSR count). The molecule has 0 saturated carbocycles. The van der Waals surface area contributed by atoms with E-state index in [0.717, 1.165) is 0 Å². The predicted octanol–water partition coefficient (Wildman–Crippen LogP) is 2.02. The van der Waals surface area contributed by atoms with Gasteiger partial charge in [-0.2, -0.15) is 0 Å². The summed E-state index contributed by atoms with van der Waals surface area (Å²) in [7, 11) is -3.89. The zero-order chi connectivity index (χ0) is 18.4. The molecule has 25 heavy (non-hydrogen) atoms. The minimum absolute atomic E-state index is 0.00325. The Morgan fingerprint density at radius 1 is 1.16 bits per heavy atom. The molecule has 8 nitrogen and oxygen atoms in total. The molecule has 0 saturated heterocycles. The molecule has 0 atom stereocenters. The summed E-state index contributed by atoms with van der Waals surface area (Å²) < 4.78 is 31.9. The van der Waals surface area contributed by atoms with Crippen LogP contribution in [-0.4, -0.2) is 31.9 Å². The van der Waals surface area contributed by atoms with Crippen molar-refractivity contribution in [2.75, 3.05) is 16.6 Å². The van der Waals surface area contributed by atoms with Crippen LogP contribution >= 0.6 is 0 Å². The van der Waals surface area contributed by atoms with E-state index in [1.807, 2.05) is 0 Å². The van der Waals surface area contributed by atoms with Crippen molar-refractivity contribution in [3.63, 3.8) is 0 Å². The van der Waals surface area contributed by atoms with Gasteiger partial charge in [0.2, 0.25) is 5.91 Å². The molecule has 1 aromatic carbocycles. The summed E-state index contributed by atoms with van der Waals surface area (Å²) in [4.78, 5) is 26.6. The van der Waals surface area contributed by atoms with Crippen LogP contribution < -0.4 is 10.0 Å². The summed E-state index contributed by atoms with van der Waals surface area (Å²) in [5, 5.41) is 2.55.